The van der Waals surface area contributed by atoms with Crippen molar-refractivity contribution >= 4 is 12.2 Å². The number of benzene rings is 1. The largest absolute Gasteiger partial charge is 0.490 e. The number of rotatable bonds is 3. The van der Waals surface area contributed by atoms with Crippen molar-refractivity contribution in [3.8, 4) is 5.75 Å². The van der Waals surface area contributed by atoms with Crippen LogP contribution in [0.3, 0.4) is 0 Å². The Kier molecular flexibility index (Phi) is 5.60. The molecule has 0 amide bonds. The second kappa shape index (κ2) is 6.73. The highest BCUT2D eigenvalue weighted by molar-refractivity contribution is 6.70. The first kappa shape index (κ1) is 14.1. The SMILES string of the molecule is C.CB(C)c1ccc(OC2CCCCC2)cc1. The van der Waals surface area contributed by atoms with Crippen LogP contribution in [0, 0.1) is 0 Å². The van der Waals surface area contributed by atoms with E-state index in [1.165, 1.54) is 37.6 Å². The lowest BCUT2D eigenvalue weighted by Crippen LogP contribution is -2.23. The molecule has 0 saturated heterocycles. The Labute approximate surface area is 107 Å². The molecule has 0 bridgehead atoms. The lowest BCUT2D eigenvalue weighted by molar-refractivity contribution is 0.155. The van der Waals surface area contributed by atoms with Gasteiger partial charge < -0.3 is 4.74 Å². The highest BCUT2D eigenvalue weighted by atomic mass is 16.5. The van der Waals surface area contributed by atoms with E-state index in [9.17, 15) is 0 Å². The summed E-state index contributed by atoms with van der Waals surface area (Å²) >= 11 is 0. The first-order valence-electron chi connectivity index (χ1n) is 6.52. The highest BCUT2D eigenvalue weighted by Crippen LogP contribution is 2.22. The van der Waals surface area contributed by atoms with Crippen LogP contribution in [0.5, 0.6) is 5.75 Å². The van der Waals surface area contributed by atoms with Crippen molar-refractivity contribution in [2.45, 2.75) is 59.3 Å². The first-order chi connectivity index (χ1) is 7.75. The van der Waals surface area contributed by atoms with Crippen LogP contribution in [0.1, 0.15) is 39.5 Å². The number of ether oxygens (including phenoxy) is 1. The van der Waals surface area contributed by atoms with Gasteiger partial charge in [-0.25, -0.2) is 0 Å². The molecule has 0 radical (unpaired) electrons. The Morgan fingerprint density at radius 3 is 2.12 bits per heavy atom. The normalized spacial score (nSPS) is 16.1. The molecule has 0 aliphatic heterocycles. The summed E-state index contributed by atoms with van der Waals surface area (Å²) in [6, 6.07) is 8.60. The molecule has 1 aliphatic rings. The summed E-state index contributed by atoms with van der Waals surface area (Å²) in [5.41, 5.74) is 1.39. The van der Waals surface area contributed by atoms with Gasteiger partial charge in [-0.2, -0.15) is 0 Å². The van der Waals surface area contributed by atoms with Crippen molar-refractivity contribution < 1.29 is 4.74 Å². The zero-order valence-corrected chi connectivity index (χ0v) is 10.4. The number of hydrogen-bond acceptors (Lipinski definition) is 1. The van der Waals surface area contributed by atoms with Crippen LogP contribution in [-0.2, 0) is 0 Å². The minimum absolute atomic E-state index is 0. The summed E-state index contributed by atoms with van der Waals surface area (Å²) in [6.45, 7) is 5.04. The molecular formula is C15H25BO. The minimum Gasteiger partial charge on any atom is -0.490 e. The van der Waals surface area contributed by atoms with Gasteiger partial charge in [-0.15, -0.1) is 0 Å². The van der Waals surface area contributed by atoms with E-state index >= 15 is 0 Å². The minimum atomic E-state index is 0. The average molecular weight is 232 g/mol. The zero-order valence-electron chi connectivity index (χ0n) is 10.4. The molecule has 0 heterocycles. The van der Waals surface area contributed by atoms with E-state index in [1.807, 2.05) is 0 Å². The fourth-order valence-corrected chi connectivity index (χ4v) is 2.31. The summed E-state index contributed by atoms with van der Waals surface area (Å²) in [6.07, 6.45) is 6.95. The molecule has 0 unspecified atom stereocenters. The Bertz CT molecular complexity index is 312. The van der Waals surface area contributed by atoms with Gasteiger partial charge in [0.15, 0.2) is 6.71 Å². The molecule has 2 heteroatoms. The molecule has 1 aliphatic carbocycles. The molecule has 1 saturated carbocycles. The molecule has 0 atom stereocenters. The third kappa shape index (κ3) is 4.10. The summed E-state index contributed by atoms with van der Waals surface area (Å²) in [7, 11) is 0. The van der Waals surface area contributed by atoms with Gasteiger partial charge >= 0.3 is 0 Å². The van der Waals surface area contributed by atoms with Crippen LogP contribution in [0.4, 0.5) is 0 Å². The molecule has 0 N–H and O–H groups in total. The lowest BCUT2D eigenvalue weighted by Gasteiger charge is -2.23. The van der Waals surface area contributed by atoms with Crippen molar-refractivity contribution in [3.63, 3.8) is 0 Å². The van der Waals surface area contributed by atoms with Crippen LogP contribution in [0.25, 0.3) is 0 Å². The second-order valence-corrected chi connectivity index (χ2v) is 5.10. The van der Waals surface area contributed by atoms with Gasteiger partial charge in [-0.3, -0.25) is 0 Å². The Hall–Kier alpha value is -0.915. The molecular weight excluding hydrogens is 207 g/mol. The molecule has 1 aromatic carbocycles. The monoisotopic (exact) mass is 232 g/mol. The van der Waals surface area contributed by atoms with Crippen molar-refractivity contribution in [1.82, 2.24) is 0 Å². The molecule has 1 nitrogen and oxygen atoms in total. The molecule has 1 fully saturated rings. The van der Waals surface area contributed by atoms with Crippen LogP contribution < -0.4 is 10.2 Å². The maximum absolute atomic E-state index is 5.99. The predicted octanol–water partition coefficient (Wildman–Crippen LogP) is 4.00. The Morgan fingerprint density at radius 2 is 1.59 bits per heavy atom. The van der Waals surface area contributed by atoms with Crippen molar-refractivity contribution in [1.29, 1.82) is 0 Å². The Morgan fingerprint density at radius 1 is 1.00 bits per heavy atom. The Balaban J connectivity index is 0.00000144. The van der Waals surface area contributed by atoms with E-state index in [1.54, 1.807) is 0 Å². The maximum Gasteiger partial charge on any atom is 0.169 e. The van der Waals surface area contributed by atoms with E-state index in [2.05, 4.69) is 37.9 Å². The third-order valence-corrected chi connectivity index (χ3v) is 3.40. The van der Waals surface area contributed by atoms with Crippen LogP contribution in [-0.4, -0.2) is 12.8 Å². The van der Waals surface area contributed by atoms with Gasteiger partial charge in [0, 0.05) is 0 Å². The molecule has 94 valence electrons. The summed E-state index contributed by atoms with van der Waals surface area (Å²) in [5, 5.41) is 0. The topological polar surface area (TPSA) is 9.23 Å². The van der Waals surface area contributed by atoms with Gasteiger partial charge in [0.25, 0.3) is 0 Å². The standard InChI is InChI=1S/C14H21BO.CH4/c1-15(2)12-8-10-14(11-9-12)16-13-6-4-3-5-7-13;/h8-11,13H,3-7H2,1-2H3;1H4. The molecule has 17 heavy (non-hydrogen) atoms. The highest BCUT2D eigenvalue weighted by Gasteiger charge is 2.14. The van der Waals surface area contributed by atoms with Crippen LogP contribution in [0.2, 0.25) is 13.6 Å². The lowest BCUT2D eigenvalue weighted by atomic mass is 9.49. The van der Waals surface area contributed by atoms with Crippen molar-refractivity contribution in [2.75, 3.05) is 0 Å². The first-order valence-corrected chi connectivity index (χ1v) is 6.52. The van der Waals surface area contributed by atoms with Gasteiger partial charge in [0.1, 0.15) is 5.75 Å². The van der Waals surface area contributed by atoms with Gasteiger partial charge in [-0.1, -0.05) is 45.1 Å². The maximum atomic E-state index is 5.99. The quantitative estimate of drug-likeness (QED) is 0.716. The van der Waals surface area contributed by atoms with Crippen molar-refractivity contribution in [3.05, 3.63) is 24.3 Å². The predicted molar refractivity (Wildman–Crippen MR) is 77.8 cm³/mol. The van der Waals surface area contributed by atoms with Crippen LogP contribution in [0.15, 0.2) is 24.3 Å². The van der Waals surface area contributed by atoms with Gasteiger partial charge in [0.2, 0.25) is 0 Å². The van der Waals surface area contributed by atoms with E-state index in [0.717, 1.165) is 5.75 Å². The number of hydrogen-bond donors (Lipinski definition) is 0. The molecule has 0 spiro atoms. The van der Waals surface area contributed by atoms with Crippen molar-refractivity contribution in [2.24, 2.45) is 0 Å². The molecule has 2 rings (SSSR count). The smallest absolute Gasteiger partial charge is 0.169 e. The molecule has 0 aromatic heterocycles. The zero-order chi connectivity index (χ0) is 11.4. The summed E-state index contributed by atoms with van der Waals surface area (Å²) < 4.78 is 5.99. The van der Waals surface area contributed by atoms with E-state index < -0.39 is 0 Å². The summed E-state index contributed by atoms with van der Waals surface area (Å²) in [4.78, 5) is 0. The van der Waals surface area contributed by atoms with E-state index in [-0.39, 0.29) is 7.43 Å². The van der Waals surface area contributed by atoms with E-state index in [0.29, 0.717) is 12.8 Å². The van der Waals surface area contributed by atoms with Gasteiger partial charge in [0.05, 0.1) is 6.10 Å². The van der Waals surface area contributed by atoms with E-state index in [4.69, 9.17) is 4.74 Å². The van der Waals surface area contributed by atoms with Crippen LogP contribution >= 0.6 is 0 Å². The fraction of sp³-hybridized carbons (Fsp3) is 0.600. The summed E-state index contributed by atoms with van der Waals surface area (Å²) in [5.74, 6) is 1.04. The van der Waals surface area contributed by atoms with Gasteiger partial charge in [-0.05, 0) is 37.8 Å². The third-order valence-electron chi connectivity index (χ3n) is 3.40. The fourth-order valence-electron chi connectivity index (χ4n) is 2.31. The average Bonchev–Trinajstić information content (AvgIpc) is 2.31. The molecule has 1 aromatic rings. The second-order valence-electron chi connectivity index (χ2n) is 5.10.